The molecule has 0 aliphatic carbocycles. The fourth-order valence-corrected chi connectivity index (χ4v) is 2.80. The van der Waals surface area contributed by atoms with Gasteiger partial charge in [0.1, 0.15) is 11.9 Å². The van der Waals surface area contributed by atoms with Crippen LogP contribution in [0.15, 0.2) is 53.0 Å². The second-order valence-corrected chi connectivity index (χ2v) is 5.82. The van der Waals surface area contributed by atoms with Crippen molar-refractivity contribution in [3.05, 3.63) is 58.6 Å². The monoisotopic (exact) mass is 317 g/mol. The van der Waals surface area contributed by atoms with Crippen LogP contribution in [0.4, 0.5) is 5.69 Å². The summed E-state index contributed by atoms with van der Waals surface area (Å²) in [7, 11) is 0. The van der Waals surface area contributed by atoms with Gasteiger partial charge in [0.15, 0.2) is 0 Å². The van der Waals surface area contributed by atoms with Crippen LogP contribution in [0.2, 0.25) is 0 Å². The van der Waals surface area contributed by atoms with Crippen LogP contribution in [0, 0.1) is 0 Å². The minimum atomic E-state index is 0.213. The van der Waals surface area contributed by atoms with Gasteiger partial charge in [-0.25, -0.2) is 0 Å². The van der Waals surface area contributed by atoms with Crippen molar-refractivity contribution < 1.29 is 4.74 Å². The zero-order valence-electron chi connectivity index (χ0n) is 10.8. The lowest BCUT2D eigenvalue weighted by molar-refractivity contribution is 0.212. The maximum Gasteiger partial charge on any atom is 0.144 e. The van der Waals surface area contributed by atoms with Crippen molar-refractivity contribution in [2.24, 2.45) is 0 Å². The van der Waals surface area contributed by atoms with Gasteiger partial charge in [-0.15, -0.1) is 0 Å². The largest absolute Gasteiger partial charge is 0.487 e. The van der Waals surface area contributed by atoms with Crippen LogP contribution in [-0.2, 0) is 6.54 Å². The molecule has 0 saturated heterocycles. The molecular weight excluding hydrogens is 302 g/mol. The van der Waals surface area contributed by atoms with Gasteiger partial charge in [0.25, 0.3) is 0 Å². The predicted molar refractivity (Wildman–Crippen MR) is 81.7 cm³/mol. The summed E-state index contributed by atoms with van der Waals surface area (Å²) in [4.78, 5) is 2.38. The van der Waals surface area contributed by atoms with E-state index in [1.165, 1.54) is 11.3 Å². The molecule has 1 aliphatic rings. The fourth-order valence-electron chi connectivity index (χ4n) is 2.46. The highest BCUT2D eigenvalue weighted by Crippen LogP contribution is 2.36. The number of hydrogen-bond donors (Lipinski definition) is 0. The van der Waals surface area contributed by atoms with Gasteiger partial charge < -0.3 is 9.64 Å². The SMILES string of the molecule is C[C@@H]1CN(Cc2ccccc2)c2ccc(Br)cc2O1. The second-order valence-electron chi connectivity index (χ2n) is 4.91. The number of nitrogens with zero attached hydrogens (tertiary/aromatic N) is 1. The molecule has 0 fully saturated rings. The van der Waals surface area contributed by atoms with Gasteiger partial charge in [-0.3, -0.25) is 0 Å². The lowest BCUT2D eigenvalue weighted by Crippen LogP contribution is -2.37. The van der Waals surface area contributed by atoms with Crippen LogP contribution in [0.3, 0.4) is 0 Å². The Morgan fingerprint density at radius 1 is 1.21 bits per heavy atom. The van der Waals surface area contributed by atoms with Crippen molar-refractivity contribution in [1.29, 1.82) is 0 Å². The fraction of sp³-hybridized carbons (Fsp3) is 0.250. The summed E-state index contributed by atoms with van der Waals surface area (Å²) in [6.45, 7) is 3.95. The van der Waals surface area contributed by atoms with E-state index in [4.69, 9.17) is 4.74 Å². The van der Waals surface area contributed by atoms with Gasteiger partial charge in [-0.2, -0.15) is 0 Å². The molecule has 98 valence electrons. The highest BCUT2D eigenvalue weighted by atomic mass is 79.9. The number of halogens is 1. The first-order valence-corrected chi connectivity index (χ1v) is 7.27. The van der Waals surface area contributed by atoms with Gasteiger partial charge in [0.2, 0.25) is 0 Å². The molecule has 0 spiro atoms. The van der Waals surface area contributed by atoms with E-state index in [1.54, 1.807) is 0 Å². The Bertz CT molecular complexity index is 570. The Balaban J connectivity index is 1.91. The van der Waals surface area contributed by atoms with Crippen molar-refractivity contribution in [1.82, 2.24) is 0 Å². The molecule has 0 amide bonds. The standard InChI is InChI=1S/C16H16BrNO/c1-12-10-18(11-13-5-3-2-4-6-13)15-8-7-14(17)9-16(15)19-12/h2-9,12H,10-11H2,1H3/t12-/m1/s1. The van der Waals surface area contributed by atoms with Crippen molar-refractivity contribution >= 4 is 21.6 Å². The maximum atomic E-state index is 5.91. The molecular formula is C16H16BrNO. The smallest absolute Gasteiger partial charge is 0.144 e. The Labute approximate surface area is 122 Å². The second kappa shape index (κ2) is 5.25. The van der Waals surface area contributed by atoms with Gasteiger partial charge in [0.05, 0.1) is 12.2 Å². The van der Waals surface area contributed by atoms with Crippen LogP contribution in [0.5, 0.6) is 5.75 Å². The van der Waals surface area contributed by atoms with Crippen molar-refractivity contribution in [3.63, 3.8) is 0 Å². The minimum Gasteiger partial charge on any atom is -0.487 e. The first-order chi connectivity index (χ1) is 9.22. The molecule has 1 aliphatic heterocycles. The summed E-state index contributed by atoms with van der Waals surface area (Å²) >= 11 is 3.50. The Hall–Kier alpha value is -1.48. The quantitative estimate of drug-likeness (QED) is 0.821. The average Bonchev–Trinajstić information content (AvgIpc) is 2.39. The molecule has 0 aromatic heterocycles. The first kappa shape index (κ1) is 12.5. The summed E-state index contributed by atoms with van der Waals surface area (Å²) in [6.07, 6.45) is 0.213. The maximum absolute atomic E-state index is 5.91. The third-order valence-corrected chi connectivity index (χ3v) is 3.78. The predicted octanol–water partition coefficient (Wildman–Crippen LogP) is 4.24. The molecule has 0 bridgehead atoms. The number of benzene rings is 2. The highest BCUT2D eigenvalue weighted by Gasteiger charge is 2.22. The average molecular weight is 318 g/mol. The summed E-state index contributed by atoms with van der Waals surface area (Å²) < 4.78 is 6.96. The van der Waals surface area contributed by atoms with E-state index >= 15 is 0 Å². The third-order valence-electron chi connectivity index (χ3n) is 3.28. The molecule has 0 N–H and O–H groups in total. The van der Waals surface area contributed by atoms with Crippen LogP contribution in [0.25, 0.3) is 0 Å². The van der Waals surface area contributed by atoms with E-state index in [2.05, 4.69) is 70.2 Å². The van der Waals surface area contributed by atoms with E-state index in [1.807, 2.05) is 6.07 Å². The molecule has 2 nitrogen and oxygen atoms in total. The summed E-state index contributed by atoms with van der Waals surface area (Å²) in [6, 6.07) is 16.8. The number of anilines is 1. The van der Waals surface area contributed by atoms with E-state index in [0.717, 1.165) is 23.3 Å². The molecule has 3 heteroatoms. The number of ether oxygens (including phenoxy) is 1. The number of fused-ring (bicyclic) bond motifs is 1. The summed E-state index contributed by atoms with van der Waals surface area (Å²) in [5.41, 5.74) is 2.50. The molecule has 2 aromatic carbocycles. The molecule has 0 saturated carbocycles. The van der Waals surface area contributed by atoms with Crippen LogP contribution >= 0.6 is 15.9 Å². The van der Waals surface area contributed by atoms with Crippen LogP contribution in [0.1, 0.15) is 12.5 Å². The normalized spacial score (nSPS) is 17.8. The first-order valence-electron chi connectivity index (χ1n) is 6.47. The zero-order valence-corrected chi connectivity index (χ0v) is 12.4. The Kier molecular flexibility index (Phi) is 3.47. The Morgan fingerprint density at radius 2 is 2.00 bits per heavy atom. The molecule has 0 radical (unpaired) electrons. The summed E-state index contributed by atoms with van der Waals surface area (Å²) in [5.74, 6) is 0.962. The van der Waals surface area contributed by atoms with Gasteiger partial charge in [-0.1, -0.05) is 46.3 Å². The third kappa shape index (κ3) is 2.76. The topological polar surface area (TPSA) is 12.5 Å². The molecule has 2 aromatic rings. The van der Waals surface area contributed by atoms with E-state index < -0.39 is 0 Å². The molecule has 3 rings (SSSR count). The number of hydrogen-bond acceptors (Lipinski definition) is 2. The van der Waals surface area contributed by atoms with E-state index in [9.17, 15) is 0 Å². The van der Waals surface area contributed by atoms with E-state index in [-0.39, 0.29) is 6.10 Å². The van der Waals surface area contributed by atoms with Gasteiger partial charge in [0, 0.05) is 11.0 Å². The molecule has 1 heterocycles. The van der Waals surface area contributed by atoms with Gasteiger partial charge in [-0.05, 0) is 30.7 Å². The molecule has 19 heavy (non-hydrogen) atoms. The zero-order chi connectivity index (χ0) is 13.2. The van der Waals surface area contributed by atoms with Crippen molar-refractivity contribution in [2.75, 3.05) is 11.4 Å². The summed E-state index contributed by atoms with van der Waals surface area (Å²) in [5, 5.41) is 0. The van der Waals surface area contributed by atoms with E-state index in [0.29, 0.717) is 0 Å². The number of rotatable bonds is 2. The van der Waals surface area contributed by atoms with Gasteiger partial charge >= 0.3 is 0 Å². The Morgan fingerprint density at radius 3 is 2.79 bits per heavy atom. The van der Waals surface area contributed by atoms with Crippen LogP contribution < -0.4 is 9.64 Å². The molecule has 0 unspecified atom stereocenters. The lowest BCUT2D eigenvalue weighted by Gasteiger charge is -2.35. The highest BCUT2D eigenvalue weighted by molar-refractivity contribution is 9.10. The van der Waals surface area contributed by atoms with Crippen molar-refractivity contribution in [3.8, 4) is 5.75 Å². The van der Waals surface area contributed by atoms with Crippen molar-refractivity contribution in [2.45, 2.75) is 19.6 Å². The minimum absolute atomic E-state index is 0.213. The lowest BCUT2D eigenvalue weighted by atomic mass is 10.1. The van der Waals surface area contributed by atoms with Crippen LogP contribution in [-0.4, -0.2) is 12.6 Å². The molecule has 1 atom stereocenters.